The minimum atomic E-state index is -0.946. The highest BCUT2D eigenvalue weighted by Gasteiger charge is 2.26. The monoisotopic (exact) mass is 312 g/mol. The van der Waals surface area contributed by atoms with E-state index in [-0.39, 0.29) is 24.4 Å². The van der Waals surface area contributed by atoms with Crippen molar-refractivity contribution in [3.05, 3.63) is 29.6 Å². The summed E-state index contributed by atoms with van der Waals surface area (Å²) in [6.07, 6.45) is 0.767. The van der Waals surface area contributed by atoms with Gasteiger partial charge in [0.2, 0.25) is 0 Å². The summed E-state index contributed by atoms with van der Waals surface area (Å²) in [5.41, 5.74) is -0.116. The number of carbonyl (C=O) groups excluding carboxylic acids is 1. The highest BCUT2D eigenvalue weighted by Crippen LogP contribution is 2.37. The Balaban J connectivity index is 2.08. The Morgan fingerprint density at radius 1 is 1.57 bits per heavy atom. The van der Waals surface area contributed by atoms with Crippen molar-refractivity contribution in [3.63, 3.8) is 0 Å². The van der Waals surface area contributed by atoms with E-state index in [9.17, 15) is 14.3 Å². The molecule has 0 saturated carbocycles. The van der Waals surface area contributed by atoms with Gasteiger partial charge >= 0.3 is 6.03 Å². The third kappa shape index (κ3) is 4.11. The number of hydrogen-bond donors (Lipinski definition) is 2. The number of amides is 2. The zero-order valence-electron chi connectivity index (χ0n) is 12.5. The smallest absolute Gasteiger partial charge is 0.317 e. The molecule has 0 spiro atoms. The number of likely N-dealkylation sites (N-methyl/N-ethyl adjacent to an activating group) is 1. The van der Waals surface area contributed by atoms with Gasteiger partial charge in [0.1, 0.15) is 5.82 Å². The Labute approximate surface area is 128 Å². The van der Waals surface area contributed by atoms with Crippen molar-refractivity contribution in [1.29, 1.82) is 0 Å². The van der Waals surface area contributed by atoms with E-state index < -0.39 is 5.60 Å². The molecular weight excluding hydrogens is 291 g/mol. The molecule has 2 rings (SSSR count). The Bertz CT molecular complexity index is 531. The first kappa shape index (κ1) is 16.1. The van der Waals surface area contributed by atoms with Gasteiger partial charge in [-0.3, -0.25) is 0 Å². The van der Waals surface area contributed by atoms with E-state index in [4.69, 9.17) is 0 Å². The van der Waals surface area contributed by atoms with E-state index >= 15 is 0 Å². The molecule has 2 amide bonds. The lowest BCUT2D eigenvalue weighted by atomic mass is 10.0. The fourth-order valence-corrected chi connectivity index (χ4v) is 3.59. The lowest BCUT2D eigenvalue weighted by Crippen LogP contribution is -2.46. The fourth-order valence-electron chi connectivity index (χ4n) is 2.45. The van der Waals surface area contributed by atoms with Crippen LogP contribution in [-0.2, 0) is 0 Å². The van der Waals surface area contributed by atoms with Crippen LogP contribution in [0.15, 0.2) is 23.1 Å². The van der Waals surface area contributed by atoms with Crippen LogP contribution in [0.4, 0.5) is 9.18 Å². The minimum absolute atomic E-state index is 0.186. The molecule has 1 aliphatic heterocycles. The zero-order chi connectivity index (χ0) is 15.6. The Kier molecular flexibility index (Phi) is 4.78. The molecule has 6 heteroatoms. The number of carbonyl (C=O) groups is 1. The second-order valence-corrected chi connectivity index (χ2v) is 7.07. The van der Waals surface area contributed by atoms with E-state index in [0.717, 1.165) is 17.7 Å². The molecule has 0 radical (unpaired) electrons. The summed E-state index contributed by atoms with van der Waals surface area (Å²) in [4.78, 5) is 14.3. The summed E-state index contributed by atoms with van der Waals surface area (Å²) < 4.78 is 13.8. The van der Waals surface area contributed by atoms with Crippen molar-refractivity contribution >= 4 is 17.8 Å². The van der Waals surface area contributed by atoms with Crippen LogP contribution in [0.25, 0.3) is 0 Å². The number of halogens is 1. The van der Waals surface area contributed by atoms with Gasteiger partial charge in [-0.05, 0) is 31.9 Å². The van der Waals surface area contributed by atoms with E-state index in [0.29, 0.717) is 4.90 Å². The van der Waals surface area contributed by atoms with Crippen LogP contribution in [0.5, 0.6) is 0 Å². The van der Waals surface area contributed by atoms with E-state index in [1.807, 2.05) is 6.07 Å². The first-order valence-corrected chi connectivity index (χ1v) is 7.92. The second kappa shape index (κ2) is 6.23. The summed E-state index contributed by atoms with van der Waals surface area (Å²) >= 11 is 1.48. The van der Waals surface area contributed by atoms with E-state index in [1.165, 1.54) is 22.7 Å². The van der Waals surface area contributed by atoms with Gasteiger partial charge < -0.3 is 15.3 Å². The normalized spacial score (nSPS) is 18.0. The van der Waals surface area contributed by atoms with E-state index in [1.54, 1.807) is 27.0 Å². The molecule has 2 N–H and O–H groups in total. The van der Waals surface area contributed by atoms with Crippen LogP contribution in [0.1, 0.15) is 31.9 Å². The lowest BCUT2D eigenvalue weighted by molar-refractivity contribution is 0.0527. The molecule has 0 aliphatic carbocycles. The minimum Gasteiger partial charge on any atom is -0.389 e. The summed E-state index contributed by atoms with van der Waals surface area (Å²) in [6.45, 7) is 3.54. The zero-order valence-corrected chi connectivity index (χ0v) is 13.3. The molecule has 1 heterocycles. The maximum atomic E-state index is 13.8. The molecule has 21 heavy (non-hydrogen) atoms. The van der Waals surface area contributed by atoms with Gasteiger partial charge in [-0.15, -0.1) is 11.8 Å². The van der Waals surface area contributed by atoms with Crippen LogP contribution < -0.4 is 5.32 Å². The molecule has 116 valence electrons. The number of thioether (sulfide) groups is 1. The van der Waals surface area contributed by atoms with Crippen molar-refractivity contribution in [2.45, 2.75) is 36.8 Å². The molecule has 1 atom stereocenters. The Hall–Kier alpha value is -1.27. The molecule has 4 nitrogen and oxygen atoms in total. The molecule has 1 aliphatic rings. The lowest BCUT2D eigenvalue weighted by Gasteiger charge is -2.30. The standard InChI is InChI=1S/C15H21FN2O2S/c1-15(2,20)9-18(3)14(19)17-12-7-8-21-13-10(12)5-4-6-11(13)16/h4-6,12,20H,7-9H2,1-3H3,(H,17,19). The number of fused-ring (bicyclic) bond motifs is 1. The Morgan fingerprint density at radius 2 is 2.29 bits per heavy atom. The quantitative estimate of drug-likeness (QED) is 0.902. The molecule has 0 aromatic heterocycles. The van der Waals surface area contributed by atoms with Crippen molar-refractivity contribution in [2.24, 2.45) is 0 Å². The number of nitrogens with zero attached hydrogens (tertiary/aromatic N) is 1. The van der Waals surface area contributed by atoms with Gasteiger partial charge in [0, 0.05) is 17.7 Å². The van der Waals surface area contributed by atoms with Gasteiger partial charge in [-0.25, -0.2) is 9.18 Å². The van der Waals surface area contributed by atoms with Gasteiger partial charge in [0.25, 0.3) is 0 Å². The van der Waals surface area contributed by atoms with Crippen LogP contribution in [0.3, 0.4) is 0 Å². The van der Waals surface area contributed by atoms with Crippen LogP contribution in [0, 0.1) is 5.82 Å². The molecule has 0 fully saturated rings. The number of urea groups is 1. The number of aliphatic hydroxyl groups is 1. The van der Waals surface area contributed by atoms with Gasteiger partial charge in [0.05, 0.1) is 18.2 Å². The van der Waals surface area contributed by atoms with Crippen molar-refractivity contribution in [1.82, 2.24) is 10.2 Å². The highest BCUT2D eigenvalue weighted by atomic mass is 32.2. The van der Waals surface area contributed by atoms with Crippen molar-refractivity contribution in [3.8, 4) is 0 Å². The maximum absolute atomic E-state index is 13.8. The van der Waals surface area contributed by atoms with Gasteiger partial charge in [-0.2, -0.15) is 0 Å². The number of benzene rings is 1. The topological polar surface area (TPSA) is 52.6 Å². The predicted molar refractivity (Wildman–Crippen MR) is 81.9 cm³/mol. The first-order valence-electron chi connectivity index (χ1n) is 6.93. The number of hydrogen-bond acceptors (Lipinski definition) is 3. The highest BCUT2D eigenvalue weighted by molar-refractivity contribution is 7.99. The SMILES string of the molecule is CN(CC(C)(C)O)C(=O)NC1CCSc2c(F)cccc21. The molecule has 1 aromatic rings. The summed E-state index contributed by atoms with van der Waals surface area (Å²) in [5, 5.41) is 12.7. The van der Waals surface area contributed by atoms with Crippen LogP contribution in [0.2, 0.25) is 0 Å². The molecule has 1 unspecified atom stereocenters. The van der Waals surface area contributed by atoms with Crippen molar-refractivity contribution in [2.75, 3.05) is 19.3 Å². The van der Waals surface area contributed by atoms with Crippen LogP contribution in [-0.4, -0.2) is 41.0 Å². The number of rotatable bonds is 3. The largest absolute Gasteiger partial charge is 0.389 e. The third-order valence-electron chi connectivity index (χ3n) is 3.29. The molecule has 0 saturated heterocycles. The average Bonchev–Trinajstić information content (AvgIpc) is 2.38. The van der Waals surface area contributed by atoms with E-state index in [2.05, 4.69) is 5.32 Å². The first-order chi connectivity index (χ1) is 9.78. The van der Waals surface area contributed by atoms with Crippen LogP contribution >= 0.6 is 11.8 Å². The van der Waals surface area contributed by atoms with Gasteiger partial charge in [0.15, 0.2) is 0 Å². The average molecular weight is 312 g/mol. The summed E-state index contributed by atoms with van der Waals surface area (Å²) in [7, 11) is 1.64. The van der Waals surface area contributed by atoms with Crippen molar-refractivity contribution < 1.29 is 14.3 Å². The summed E-state index contributed by atoms with van der Waals surface area (Å²) in [6, 6.07) is 4.51. The third-order valence-corrected chi connectivity index (χ3v) is 4.45. The summed E-state index contributed by atoms with van der Waals surface area (Å²) in [5.74, 6) is 0.537. The number of nitrogens with one attached hydrogen (secondary N) is 1. The maximum Gasteiger partial charge on any atom is 0.317 e. The predicted octanol–water partition coefficient (Wildman–Crippen LogP) is 2.77. The molecule has 0 bridgehead atoms. The Morgan fingerprint density at radius 3 is 2.95 bits per heavy atom. The molecule has 1 aromatic carbocycles. The van der Waals surface area contributed by atoms with Gasteiger partial charge in [-0.1, -0.05) is 12.1 Å². The molecular formula is C15H21FN2O2S. The fraction of sp³-hybridized carbons (Fsp3) is 0.533. The second-order valence-electron chi connectivity index (χ2n) is 5.97.